The van der Waals surface area contributed by atoms with E-state index in [2.05, 4.69) is 43.4 Å². The molecule has 0 fully saturated rings. The van der Waals surface area contributed by atoms with Gasteiger partial charge in [0.05, 0.1) is 77.4 Å². The highest BCUT2D eigenvalue weighted by atomic mass is 32.3. The number of benzene rings is 4. The lowest BCUT2D eigenvalue weighted by Gasteiger charge is -2.15. The zero-order valence-electron chi connectivity index (χ0n) is 31.3. The molecule has 4 aromatic rings. The number of rotatable bonds is 23. The smallest absolute Gasteiger partial charge is 0.397 e. The molecule has 63 heavy (non-hydrogen) atoms. The minimum Gasteiger partial charge on any atom is -0.505 e. The molecule has 0 radical (unpaired) electrons. The van der Waals surface area contributed by atoms with Crippen molar-refractivity contribution in [3.8, 4) is 17.2 Å². The topological polar surface area (TPSA) is 424 Å². The third kappa shape index (κ3) is 12.9. The number of methoxy groups -OCH3 is 2. The predicted octanol–water partition coefficient (Wildman–Crippen LogP) is 4.72. The number of hydrogen-bond donors (Lipinski definition) is 7. The van der Waals surface area contributed by atoms with Crippen LogP contribution in [0.1, 0.15) is 10.4 Å². The van der Waals surface area contributed by atoms with Gasteiger partial charge in [-0.15, -0.1) is 29.1 Å². The molecule has 8 N–H and O–H groups in total. The van der Waals surface area contributed by atoms with Crippen molar-refractivity contribution >= 4 is 110 Å². The molecule has 4 aromatic carbocycles. The molecule has 0 aliphatic rings. The maximum Gasteiger partial charge on any atom is 0.397 e. The SMILES string of the molecule is COc1cc(S(=O)(=O)CCOSOOO)c(OC)cc1N=Nc1c(SOOO)cc2cc(S(=O)(=O)O)c(N=Nc3cc(S(=O)(=O)CCOS(=O)(=O)O)ccc3C(=O)O)c(N)c2c1O. The lowest BCUT2D eigenvalue weighted by atomic mass is 10.1. The summed E-state index contributed by atoms with van der Waals surface area (Å²) in [6.45, 7) is -1.51. The average molecular weight is 1010 g/mol. The van der Waals surface area contributed by atoms with Gasteiger partial charge in [0, 0.05) is 12.1 Å². The summed E-state index contributed by atoms with van der Waals surface area (Å²) in [5.74, 6) is -4.80. The molecule has 344 valence electrons. The van der Waals surface area contributed by atoms with Crippen molar-refractivity contribution < 1.29 is 105 Å². The van der Waals surface area contributed by atoms with E-state index in [1.54, 1.807) is 0 Å². The summed E-state index contributed by atoms with van der Waals surface area (Å²) in [5, 5.41) is 59.9. The number of nitrogen functional groups attached to an aromatic ring is 1. The minimum absolute atomic E-state index is 0.143. The number of anilines is 1. The monoisotopic (exact) mass is 1010 g/mol. The van der Waals surface area contributed by atoms with Crippen molar-refractivity contribution in [2.24, 2.45) is 20.5 Å². The predicted molar refractivity (Wildman–Crippen MR) is 212 cm³/mol. The second-order valence-corrected chi connectivity index (χ2v) is 19.4. The maximum absolute atomic E-state index is 13.1. The molecule has 0 amide bonds. The van der Waals surface area contributed by atoms with Gasteiger partial charge < -0.3 is 25.4 Å². The van der Waals surface area contributed by atoms with Crippen molar-refractivity contribution in [1.29, 1.82) is 0 Å². The van der Waals surface area contributed by atoms with Crippen LogP contribution >= 0.6 is 24.4 Å². The fourth-order valence-electron chi connectivity index (χ4n) is 5.06. The summed E-state index contributed by atoms with van der Waals surface area (Å²) in [6.07, 6.45) is 0. The summed E-state index contributed by atoms with van der Waals surface area (Å²) >= 11 is 0.319. The van der Waals surface area contributed by atoms with Gasteiger partial charge in [-0.25, -0.2) is 36.3 Å². The summed E-state index contributed by atoms with van der Waals surface area (Å²) in [4.78, 5) is 9.58. The van der Waals surface area contributed by atoms with Crippen molar-refractivity contribution in [2.75, 3.05) is 44.7 Å². The molecule has 0 aliphatic carbocycles. The molecule has 0 aliphatic heterocycles. The first-order valence-electron chi connectivity index (χ1n) is 16.0. The third-order valence-electron chi connectivity index (χ3n) is 7.75. The number of nitrogens with two attached hydrogens (primary N) is 1. The van der Waals surface area contributed by atoms with Crippen LogP contribution in [0.4, 0.5) is 28.4 Å². The molecule has 4 rings (SSSR count). The number of nitrogens with zero attached hydrogens (tertiary/aromatic N) is 4. The molecular formula is C29H29N5O23S6. The number of fused-ring (bicyclic) bond motifs is 1. The molecule has 0 spiro atoms. The number of ether oxygens (including phenoxy) is 2. The van der Waals surface area contributed by atoms with Crippen molar-refractivity contribution in [2.45, 2.75) is 19.6 Å². The van der Waals surface area contributed by atoms with Crippen LogP contribution in [-0.2, 0) is 67.3 Å². The largest absolute Gasteiger partial charge is 0.505 e. The Morgan fingerprint density at radius 2 is 1.38 bits per heavy atom. The average Bonchev–Trinajstić information content (AvgIpc) is 3.20. The summed E-state index contributed by atoms with van der Waals surface area (Å²) < 4.78 is 146. The quantitative estimate of drug-likeness (QED) is 0.0100. The molecule has 0 bridgehead atoms. The van der Waals surface area contributed by atoms with E-state index in [4.69, 9.17) is 34.5 Å². The Kier molecular flexibility index (Phi) is 17.1. The summed E-state index contributed by atoms with van der Waals surface area (Å²) in [7, 11) is -16.7. The van der Waals surface area contributed by atoms with E-state index in [1.165, 1.54) is 0 Å². The molecule has 34 heteroatoms. The van der Waals surface area contributed by atoms with Crippen LogP contribution in [0.3, 0.4) is 0 Å². The van der Waals surface area contributed by atoms with Crippen LogP contribution in [0.5, 0.6) is 17.2 Å². The van der Waals surface area contributed by atoms with Crippen LogP contribution < -0.4 is 15.2 Å². The Labute approximate surface area is 363 Å². The van der Waals surface area contributed by atoms with E-state index in [-0.39, 0.29) is 51.8 Å². The van der Waals surface area contributed by atoms with E-state index in [0.717, 1.165) is 50.6 Å². The van der Waals surface area contributed by atoms with E-state index < -0.39 is 125 Å². The van der Waals surface area contributed by atoms with Gasteiger partial charge in [-0.05, 0) is 35.7 Å². The fourth-order valence-corrected chi connectivity index (χ4v) is 9.31. The molecule has 28 nitrogen and oxygen atoms in total. The number of aromatic hydroxyl groups is 1. The normalized spacial score (nSPS) is 12.7. The van der Waals surface area contributed by atoms with E-state index in [0.29, 0.717) is 6.07 Å². The summed E-state index contributed by atoms with van der Waals surface area (Å²) in [5.41, 5.74) is 2.35. The molecular weight excluding hydrogens is 979 g/mol. The number of carboxylic acids is 1. The third-order valence-corrected chi connectivity index (χ3v) is 13.4. The Hall–Kier alpha value is -4.89. The first kappa shape index (κ1) is 50.8. The van der Waals surface area contributed by atoms with Gasteiger partial charge in [0.25, 0.3) is 10.1 Å². The first-order valence-corrected chi connectivity index (χ1v) is 23.6. The molecule has 0 unspecified atom stereocenters. The van der Waals surface area contributed by atoms with Gasteiger partial charge in [0.15, 0.2) is 37.7 Å². The van der Waals surface area contributed by atoms with Crippen LogP contribution in [-0.4, -0.2) is 108 Å². The van der Waals surface area contributed by atoms with Crippen molar-refractivity contribution in [1.82, 2.24) is 0 Å². The van der Waals surface area contributed by atoms with Crippen LogP contribution in [0, 0.1) is 0 Å². The highest BCUT2D eigenvalue weighted by Crippen LogP contribution is 2.50. The lowest BCUT2D eigenvalue weighted by Crippen LogP contribution is -2.15. The Bertz CT molecular complexity index is 2900. The van der Waals surface area contributed by atoms with Crippen LogP contribution in [0.2, 0.25) is 0 Å². The Balaban J connectivity index is 1.90. The molecule has 0 atom stereocenters. The van der Waals surface area contributed by atoms with Crippen molar-refractivity contribution in [3.63, 3.8) is 0 Å². The lowest BCUT2D eigenvalue weighted by molar-refractivity contribution is -0.434. The van der Waals surface area contributed by atoms with E-state index in [9.17, 15) is 53.2 Å². The second-order valence-electron chi connectivity index (χ2n) is 11.5. The number of phenolic OH excluding ortho intramolecular Hbond substituents is 1. The minimum atomic E-state index is -5.32. The zero-order valence-corrected chi connectivity index (χ0v) is 36.2. The second kappa shape index (κ2) is 21.2. The number of aromatic carboxylic acids is 1. The maximum atomic E-state index is 13.1. The molecule has 0 heterocycles. The number of sulfone groups is 2. The Morgan fingerprint density at radius 3 is 1.98 bits per heavy atom. The van der Waals surface area contributed by atoms with Gasteiger partial charge in [0.1, 0.15) is 44.0 Å². The number of carbonyl (C=O) groups is 1. The first-order chi connectivity index (χ1) is 29.5. The number of carboxylic acid groups (broad SMARTS) is 1. The molecule has 0 saturated carbocycles. The highest BCUT2D eigenvalue weighted by Gasteiger charge is 2.28. The van der Waals surface area contributed by atoms with Crippen molar-refractivity contribution in [3.05, 3.63) is 48.0 Å². The van der Waals surface area contributed by atoms with Gasteiger partial charge >= 0.3 is 16.4 Å². The highest BCUT2D eigenvalue weighted by molar-refractivity contribution is 7.94. The molecule has 0 saturated heterocycles. The van der Waals surface area contributed by atoms with E-state index in [1.807, 2.05) is 0 Å². The number of azo groups is 2. The van der Waals surface area contributed by atoms with Gasteiger partial charge in [-0.3, -0.25) is 13.3 Å². The fraction of sp³-hybridized carbons (Fsp3) is 0.207. The van der Waals surface area contributed by atoms with Gasteiger partial charge in [-0.1, -0.05) is 10.1 Å². The van der Waals surface area contributed by atoms with Crippen LogP contribution in [0.25, 0.3) is 10.8 Å². The zero-order chi connectivity index (χ0) is 46.9. The number of phenols is 1. The van der Waals surface area contributed by atoms with Gasteiger partial charge in [0.2, 0.25) is 0 Å². The standard InChI is InChI=1S/C29H29N5O23S6/c1-50-19-13-22(61(42,43)7-5-52-59-57-55-39)20(51-2)12-18(19)32-33-26-21(58-56-54-38)9-14-10-23(62(44,45)46)27(25(30)24(14)28(26)35)34-31-17-11-15(3-4-16(17)29(36)37)60(40,41)8-6-53-63(47,48)49/h3-4,9-13,35,38-39H,5-8,30H2,1-2H3,(H,36,37)(H,44,45,46)(H,47,48,49). The summed E-state index contributed by atoms with van der Waals surface area (Å²) in [6, 6.07) is 6.10. The Morgan fingerprint density at radius 1 is 0.746 bits per heavy atom. The molecule has 0 aromatic heterocycles. The van der Waals surface area contributed by atoms with E-state index >= 15 is 0 Å². The van der Waals surface area contributed by atoms with Gasteiger partial charge in [-0.2, -0.15) is 16.8 Å². The van der Waals surface area contributed by atoms with Crippen LogP contribution in [0.15, 0.2) is 82.5 Å². The number of hydrogen-bond acceptors (Lipinski definition) is 27.